The summed E-state index contributed by atoms with van der Waals surface area (Å²) in [7, 11) is 1.60. The highest BCUT2D eigenvalue weighted by Gasteiger charge is 2.46. The maximum absolute atomic E-state index is 11.6. The second-order valence-electron chi connectivity index (χ2n) is 5.16. The lowest BCUT2D eigenvalue weighted by atomic mass is 9.79. The topological polar surface area (TPSA) is 67.8 Å². The van der Waals surface area contributed by atoms with Crippen molar-refractivity contribution in [3.8, 4) is 11.5 Å². The van der Waals surface area contributed by atoms with Gasteiger partial charge in [-0.3, -0.25) is 4.79 Å². The third-order valence-corrected chi connectivity index (χ3v) is 3.96. The molecule has 0 unspecified atom stereocenters. The summed E-state index contributed by atoms with van der Waals surface area (Å²) in [6.07, 6.45) is 0.768. The van der Waals surface area contributed by atoms with Crippen LogP contribution in [-0.4, -0.2) is 36.4 Å². The Labute approximate surface area is 111 Å². The van der Waals surface area contributed by atoms with Gasteiger partial charge >= 0.3 is 0 Å². The quantitative estimate of drug-likeness (QED) is 0.780. The standard InChI is InChI=1S/C14H17NO4/c1-18-10-3-2-4-11-9(10)7-14(8-19-11)12(16)5-6-13(17)15-14/h2-4,12,16H,5-8H2,1H3,(H,15,17)/t12-,14-/m1/s1. The molecule has 19 heavy (non-hydrogen) atoms. The van der Waals surface area contributed by atoms with Gasteiger partial charge in [0.25, 0.3) is 0 Å². The Morgan fingerprint density at radius 1 is 1.53 bits per heavy atom. The van der Waals surface area contributed by atoms with Crippen LogP contribution in [0.4, 0.5) is 0 Å². The number of methoxy groups -OCH3 is 1. The summed E-state index contributed by atoms with van der Waals surface area (Å²) in [6.45, 7) is 0.292. The third kappa shape index (κ3) is 1.94. The molecule has 0 aliphatic carbocycles. The fourth-order valence-electron chi connectivity index (χ4n) is 2.88. The molecular weight excluding hydrogens is 246 g/mol. The Balaban J connectivity index is 1.98. The van der Waals surface area contributed by atoms with Crippen LogP contribution in [-0.2, 0) is 11.2 Å². The van der Waals surface area contributed by atoms with E-state index in [2.05, 4.69) is 5.32 Å². The average Bonchev–Trinajstić information content (AvgIpc) is 2.42. The van der Waals surface area contributed by atoms with Crippen molar-refractivity contribution in [3.63, 3.8) is 0 Å². The van der Waals surface area contributed by atoms with Gasteiger partial charge in [0.05, 0.1) is 13.2 Å². The molecule has 1 saturated heterocycles. The van der Waals surface area contributed by atoms with E-state index in [1.54, 1.807) is 7.11 Å². The molecule has 1 aromatic rings. The monoisotopic (exact) mass is 263 g/mol. The van der Waals surface area contributed by atoms with Crippen LogP contribution in [0.15, 0.2) is 18.2 Å². The Hall–Kier alpha value is -1.75. The van der Waals surface area contributed by atoms with Gasteiger partial charge in [-0.25, -0.2) is 0 Å². The first-order chi connectivity index (χ1) is 9.14. The number of benzene rings is 1. The van der Waals surface area contributed by atoms with Gasteiger partial charge in [-0.2, -0.15) is 0 Å². The Morgan fingerprint density at radius 3 is 3.16 bits per heavy atom. The second kappa shape index (κ2) is 4.42. The summed E-state index contributed by atoms with van der Waals surface area (Å²) < 4.78 is 11.1. The van der Waals surface area contributed by atoms with E-state index in [1.165, 1.54) is 0 Å². The fourth-order valence-corrected chi connectivity index (χ4v) is 2.88. The molecule has 0 bridgehead atoms. The molecule has 1 spiro atoms. The van der Waals surface area contributed by atoms with Crippen LogP contribution in [0.3, 0.4) is 0 Å². The number of fused-ring (bicyclic) bond motifs is 1. The number of rotatable bonds is 1. The smallest absolute Gasteiger partial charge is 0.220 e. The van der Waals surface area contributed by atoms with Crippen LogP contribution in [0.5, 0.6) is 11.5 Å². The molecule has 1 amide bonds. The number of aliphatic hydroxyl groups is 1. The number of nitrogens with one attached hydrogen (secondary N) is 1. The molecule has 2 atom stereocenters. The summed E-state index contributed by atoms with van der Waals surface area (Å²) in [6, 6.07) is 5.60. The van der Waals surface area contributed by atoms with Crippen LogP contribution >= 0.6 is 0 Å². The van der Waals surface area contributed by atoms with Crippen molar-refractivity contribution in [2.75, 3.05) is 13.7 Å². The molecule has 2 N–H and O–H groups in total. The maximum atomic E-state index is 11.6. The predicted octanol–water partition coefficient (Wildman–Crippen LogP) is 0.640. The maximum Gasteiger partial charge on any atom is 0.220 e. The highest BCUT2D eigenvalue weighted by Crippen LogP contribution is 2.38. The summed E-state index contributed by atoms with van der Waals surface area (Å²) in [5.41, 5.74) is 0.175. The van der Waals surface area contributed by atoms with Gasteiger partial charge in [-0.1, -0.05) is 6.07 Å². The molecule has 2 heterocycles. The van der Waals surface area contributed by atoms with Crippen molar-refractivity contribution < 1.29 is 19.4 Å². The van der Waals surface area contributed by atoms with E-state index in [-0.39, 0.29) is 5.91 Å². The number of amides is 1. The second-order valence-corrected chi connectivity index (χ2v) is 5.16. The number of hydrogen-bond donors (Lipinski definition) is 2. The average molecular weight is 263 g/mol. The van der Waals surface area contributed by atoms with E-state index >= 15 is 0 Å². The fraction of sp³-hybridized carbons (Fsp3) is 0.500. The zero-order valence-corrected chi connectivity index (χ0v) is 10.8. The van der Waals surface area contributed by atoms with E-state index in [0.29, 0.717) is 25.9 Å². The minimum absolute atomic E-state index is 0.0350. The third-order valence-electron chi connectivity index (χ3n) is 3.96. The largest absolute Gasteiger partial charge is 0.496 e. The van der Waals surface area contributed by atoms with Crippen molar-refractivity contribution in [1.29, 1.82) is 0 Å². The normalized spacial score (nSPS) is 29.4. The van der Waals surface area contributed by atoms with Crippen LogP contribution in [0.25, 0.3) is 0 Å². The molecule has 1 fully saturated rings. The molecule has 2 aliphatic rings. The predicted molar refractivity (Wildman–Crippen MR) is 68.3 cm³/mol. The number of carbonyl (C=O) groups excluding carboxylic acids is 1. The number of aliphatic hydroxyl groups excluding tert-OH is 1. The molecule has 0 radical (unpaired) electrons. The van der Waals surface area contributed by atoms with Crippen molar-refractivity contribution in [2.24, 2.45) is 0 Å². The molecule has 2 aliphatic heterocycles. The van der Waals surface area contributed by atoms with Crippen LogP contribution in [0.1, 0.15) is 18.4 Å². The van der Waals surface area contributed by atoms with E-state index in [9.17, 15) is 9.90 Å². The minimum Gasteiger partial charge on any atom is -0.496 e. The highest BCUT2D eigenvalue weighted by atomic mass is 16.5. The number of hydrogen-bond acceptors (Lipinski definition) is 4. The first-order valence-corrected chi connectivity index (χ1v) is 6.42. The first-order valence-electron chi connectivity index (χ1n) is 6.42. The van der Waals surface area contributed by atoms with Crippen LogP contribution in [0.2, 0.25) is 0 Å². The summed E-state index contributed by atoms with van der Waals surface area (Å²) in [5, 5.41) is 13.2. The van der Waals surface area contributed by atoms with Crippen molar-refractivity contribution in [1.82, 2.24) is 5.32 Å². The van der Waals surface area contributed by atoms with Crippen molar-refractivity contribution >= 4 is 5.91 Å². The lowest BCUT2D eigenvalue weighted by Gasteiger charge is -2.44. The highest BCUT2D eigenvalue weighted by molar-refractivity contribution is 5.78. The summed E-state index contributed by atoms with van der Waals surface area (Å²) in [5.74, 6) is 1.45. The molecule has 1 aromatic carbocycles. The van der Waals surface area contributed by atoms with Gasteiger partial charge in [0, 0.05) is 18.4 Å². The molecule has 0 saturated carbocycles. The van der Waals surface area contributed by atoms with Crippen molar-refractivity contribution in [3.05, 3.63) is 23.8 Å². The van der Waals surface area contributed by atoms with Gasteiger partial charge < -0.3 is 19.9 Å². The van der Waals surface area contributed by atoms with Gasteiger partial charge in [-0.15, -0.1) is 0 Å². The SMILES string of the molecule is COc1cccc2c1C[C@]1(CO2)NC(=O)CC[C@H]1O. The Kier molecular flexibility index (Phi) is 2.86. The van der Waals surface area contributed by atoms with Gasteiger partial charge in [0.15, 0.2) is 0 Å². The molecule has 0 aromatic heterocycles. The van der Waals surface area contributed by atoms with Gasteiger partial charge in [-0.05, 0) is 18.6 Å². The zero-order valence-electron chi connectivity index (χ0n) is 10.8. The van der Waals surface area contributed by atoms with Gasteiger partial charge in [0.1, 0.15) is 23.6 Å². The van der Waals surface area contributed by atoms with E-state index in [1.807, 2.05) is 18.2 Å². The number of carbonyl (C=O) groups is 1. The molecular formula is C14H17NO4. The van der Waals surface area contributed by atoms with Crippen molar-refractivity contribution in [2.45, 2.75) is 30.9 Å². The van der Waals surface area contributed by atoms with Crippen LogP contribution < -0.4 is 14.8 Å². The Bertz CT molecular complexity index is 502. The zero-order chi connectivity index (χ0) is 13.5. The number of piperidine rings is 1. The van der Waals surface area contributed by atoms with E-state index in [0.717, 1.165) is 17.1 Å². The molecule has 5 heteroatoms. The molecule has 5 nitrogen and oxygen atoms in total. The molecule has 3 rings (SSSR count). The number of ether oxygens (including phenoxy) is 2. The van der Waals surface area contributed by atoms with E-state index < -0.39 is 11.6 Å². The van der Waals surface area contributed by atoms with E-state index in [4.69, 9.17) is 9.47 Å². The van der Waals surface area contributed by atoms with Crippen LogP contribution in [0, 0.1) is 0 Å². The lowest BCUT2D eigenvalue weighted by molar-refractivity contribution is -0.131. The molecule has 102 valence electrons. The Morgan fingerprint density at radius 2 is 2.37 bits per heavy atom. The van der Waals surface area contributed by atoms with Gasteiger partial charge in [0.2, 0.25) is 5.91 Å². The summed E-state index contributed by atoms with van der Waals surface area (Å²) >= 11 is 0. The minimum atomic E-state index is -0.725. The lowest BCUT2D eigenvalue weighted by Crippen LogP contribution is -2.65. The first kappa shape index (κ1) is 12.3. The summed E-state index contributed by atoms with van der Waals surface area (Å²) in [4.78, 5) is 11.6.